The number of carbonyl (C=O) groups excluding carboxylic acids is 1. The van der Waals surface area contributed by atoms with Gasteiger partial charge in [-0.1, -0.05) is 17.3 Å². The summed E-state index contributed by atoms with van der Waals surface area (Å²) in [6, 6.07) is 5.98. The molecule has 3 aromatic rings. The summed E-state index contributed by atoms with van der Waals surface area (Å²) in [6.07, 6.45) is -2.77. The van der Waals surface area contributed by atoms with E-state index in [4.69, 9.17) is 4.52 Å². The highest BCUT2D eigenvalue weighted by Gasteiger charge is 2.22. The quantitative estimate of drug-likeness (QED) is 0.751. The van der Waals surface area contributed by atoms with Crippen molar-refractivity contribution in [3.8, 4) is 11.4 Å². The Bertz CT molecular complexity index is 938. The zero-order valence-electron chi connectivity index (χ0n) is 13.8. The lowest BCUT2D eigenvalue weighted by Gasteiger charge is -2.09. The Morgan fingerprint density at radius 3 is 2.73 bits per heavy atom. The summed E-state index contributed by atoms with van der Waals surface area (Å²) in [4.78, 5) is 16.4. The molecule has 0 bridgehead atoms. The second-order valence-corrected chi connectivity index (χ2v) is 5.54. The van der Waals surface area contributed by atoms with Gasteiger partial charge in [0, 0.05) is 12.6 Å². The minimum atomic E-state index is -2.77. The maximum atomic E-state index is 13.3. The number of halogens is 3. The average Bonchev–Trinajstić information content (AvgIpc) is 3.21. The monoisotopic (exact) mass is 365 g/mol. The Morgan fingerprint density at radius 1 is 1.31 bits per heavy atom. The van der Waals surface area contributed by atoms with E-state index in [9.17, 15) is 18.0 Å². The van der Waals surface area contributed by atoms with Crippen LogP contribution in [0.15, 0.2) is 34.9 Å². The maximum absolute atomic E-state index is 13.3. The van der Waals surface area contributed by atoms with Crippen molar-refractivity contribution >= 4 is 5.91 Å². The highest BCUT2D eigenvalue weighted by Crippen LogP contribution is 2.21. The fraction of sp³-hybridized carbons (Fsp3) is 0.250. The molecule has 1 aromatic carbocycles. The molecule has 0 saturated carbocycles. The number of hydrogen-bond donors (Lipinski definition) is 1. The minimum absolute atomic E-state index is 0.0305. The number of nitrogens with zero attached hydrogens (tertiary/aromatic N) is 4. The van der Waals surface area contributed by atoms with Crippen molar-refractivity contribution in [2.75, 3.05) is 0 Å². The molecule has 3 rings (SSSR count). The van der Waals surface area contributed by atoms with E-state index in [2.05, 4.69) is 20.6 Å². The number of nitrogens with one attached hydrogen (secondary N) is 1. The van der Waals surface area contributed by atoms with Crippen LogP contribution in [0.25, 0.3) is 11.4 Å². The zero-order valence-corrected chi connectivity index (χ0v) is 13.8. The van der Waals surface area contributed by atoms with Gasteiger partial charge in [0.25, 0.3) is 12.3 Å². The van der Waals surface area contributed by atoms with Crippen molar-refractivity contribution in [3.63, 3.8) is 0 Å². The summed E-state index contributed by atoms with van der Waals surface area (Å²) >= 11 is 0. The van der Waals surface area contributed by atoms with Crippen LogP contribution in [0.5, 0.6) is 0 Å². The molecular weight excluding hydrogens is 351 g/mol. The summed E-state index contributed by atoms with van der Waals surface area (Å²) in [5.74, 6) is -0.805. The van der Waals surface area contributed by atoms with Crippen LogP contribution in [0.1, 0.15) is 41.5 Å². The Labute approximate surface area is 145 Å². The number of aryl methyl sites for hydroxylation is 1. The lowest BCUT2D eigenvalue weighted by atomic mass is 10.2. The van der Waals surface area contributed by atoms with E-state index >= 15 is 0 Å². The summed E-state index contributed by atoms with van der Waals surface area (Å²) in [6.45, 7) is 1.59. The number of carbonyl (C=O) groups is 1. The van der Waals surface area contributed by atoms with Crippen molar-refractivity contribution in [1.82, 2.24) is 25.2 Å². The standard InChI is InChI=1S/C16H14F3N5O2/c1-8(20-15(25)12-7-11(13(18)19)22-24(12)2)16-21-14(23-26-16)9-4-3-5-10(17)6-9/h3-8,13H,1-2H3,(H,20,25)/t8-/m0/s1. The number of benzene rings is 1. The number of alkyl halides is 2. The van der Waals surface area contributed by atoms with Gasteiger partial charge >= 0.3 is 0 Å². The van der Waals surface area contributed by atoms with Gasteiger partial charge in [-0.05, 0) is 25.1 Å². The van der Waals surface area contributed by atoms with Crippen LogP contribution in [0, 0.1) is 5.82 Å². The molecule has 0 aliphatic heterocycles. The van der Waals surface area contributed by atoms with E-state index in [1.807, 2.05) is 0 Å². The molecule has 0 fully saturated rings. The summed E-state index contributed by atoms with van der Waals surface area (Å²) in [5.41, 5.74) is -0.0970. The van der Waals surface area contributed by atoms with Crippen molar-refractivity contribution in [2.24, 2.45) is 7.05 Å². The molecule has 0 saturated heterocycles. The van der Waals surface area contributed by atoms with E-state index < -0.39 is 29.9 Å². The second kappa shape index (κ2) is 6.98. The molecule has 2 aromatic heterocycles. The smallest absolute Gasteiger partial charge is 0.282 e. The number of aromatic nitrogens is 4. The van der Waals surface area contributed by atoms with Gasteiger partial charge in [0.15, 0.2) is 0 Å². The molecule has 0 aliphatic carbocycles. The van der Waals surface area contributed by atoms with Crippen LogP contribution < -0.4 is 5.32 Å². The summed E-state index contributed by atoms with van der Waals surface area (Å²) < 4.78 is 44.8. The van der Waals surface area contributed by atoms with Crippen LogP contribution in [0.2, 0.25) is 0 Å². The molecule has 0 radical (unpaired) electrons. The number of hydrogen-bond acceptors (Lipinski definition) is 5. The van der Waals surface area contributed by atoms with Crippen LogP contribution >= 0.6 is 0 Å². The molecular formula is C16H14F3N5O2. The van der Waals surface area contributed by atoms with Gasteiger partial charge < -0.3 is 9.84 Å². The Hall–Kier alpha value is -3.17. The van der Waals surface area contributed by atoms with Gasteiger partial charge in [0.2, 0.25) is 11.7 Å². The fourth-order valence-corrected chi connectivity index (χ4v) is 2.30. The topological polar surface area (TPSA) is 85.8 Å². The first-order chi connectivity index (χ1) is 12.3. The molecule has 136 valence electrons. The molecule has 0 unspecified atom stereocenters. The van der Waals surface area contributed by atoms with Crippen molar-refractivity contribution < 1.29 is 22.5 Å². The zero-order chi connectivity index (χ0) is 18.8. The second-order valence-electron chi connectivity index (χ2n) is 5.54. The van der Waals surface area contributed by atoms with Crippen LogP contribution in [-0.2, 0) is 7.05 Å². The van der Waals surface area contributed by atoms with Gasteiger partial charge in [-0.3, -0.25) is 9.48 Å². The van der Waals surface area contributed by atoms with Crippen LogP contribution in [0.4, 0.5) is 13.2 Å². The molecule has 26 heavy (non-hydrogen) atoms. The molecule has 10 heteroatoms. The van der Waals surface area contributed by atoms with E-state index in [1.54, 1.807) is 13.0 Å². The van der Waals surface area contributed by atoms with Gasteiger partial charge in [0.05, 0.1) is 0 Å². The fourth-order valence-electron chi connectivity index (χ4n) is 2.30. The number of rotatable bonds is 5. The summed E-state index contributed by atoms with van der Waals surface area (Å²) in [5, 5.41) is 9.90. The Morgan fingerprint density at radius 2 is 2.08 bits per heavy atom. The normalized spacial score (nSPS) is 12.4. The van der Waals surface area contributed by atoms with E-state index in [0.717, 1.165) is 10.7 Å². The lowest BCUT2D eigenvalue weighted by Crippen LogP contribution is -2.28. The van der Waals surface area contributed by atoms with Crippen molar-refractivity contribution in [3.05, 3.63) is 53.4 Å². The Balaban J connectivity index is 1.74. The molecule has 0 spiro atoms. The van der Waals surface area contributed by atoms with Gasteiger partial charge in [-0.15, -0.1) is 0 Å². The van der Waals surface area contributed by atoms with E-state index in [-0.39, 0.29) is 17.4 Å². The molecule has 1 amide bonds. The predicted molar refractivity (Wildman–Crippen MR) is 83.7 cm³/mol. The summed E-state index contributed by atoms with van der Waals surface area (Å²) in [7, 11) is 1.39. The first-order valence-electron chi connectivity index (χ1n) is 7.57. The predicted octanol–water partition coefficient (Wildman–Crippen LogP) is 3.04. The third-order valence-electron chi connectivity index (χ3n) is 3.60. The van der Waals surface area contributed by atoms with Crippen LogP contribution in [-0.4, -0.2) is 25.8 Å². The van der Waals surface area contributed by atoms with Crippen LogP contribution in [0.3, 0.4) is 0 Å². The molecule has 7 nitrogen and oxygen atoms in total. The lowest BCUT2D eigenvalue weighted by molar-refractivity contribution is 0.0923. The molecule has 1 atom stereocenters. The third kappa shape index (κ3) is 3.58. The van der Waals surface area contributed by atoms with Crippen molar-refractivity contribution in [2.45, 2.75) is 19.4 Å². The average molecular weight is 365 g/mol. The molecule has 1 N–H and O–H groups in total. The van der Waals surface area contributed by atoms with Crippen molar-refractivity contribution in [1.29, 1.82) is 0 Å². The highest BCUT2D eigenvalue weighted by atomic mass is 19.3. The highest BCUT2D eigenvalue weighted by molar-refractivity contribution is 5.92. The van der Waals surface area contributed by atoms with E-state index in [0.29, 0.717) is 5.56 Å². The van der Waals surface area contributed by atoms with E-state index in [1.165, 1.54) is 25.2 Å². The Kier molecular flexibility index (Phi) is 4.74. The largest absolute Gasteiger partial charge is 0.339 e. The minimum Gasteiger partial charge on any atom is -0.339 e. The number of amides is 1. The molecule has 2 heterocycles. The molecule has 0 aliphatic rings. The van der Waals surface area contributed by atoms with Gasteiger partial charge in [-0.25, -0.2) is 13.2 Å². The van der Waals surface area contributed by atoms with Gasteiger partial charge in [-0.2, -0.15) is 10.1 Å². The first kappa shape index (κ1) is 17.6. The van der Waals surface area contributed by atoms with Gasteiger partial charge in [0.1, 0.15) is 23.2 Å². The maximum Gasteiger partial charge on any atom is 0.282 e. The SMILES string of the molecule is C[C@H](NC(=O)c1cc(C(F)F)nn1C)c1nc(-c2cccc(F)c2)no1. The first-order valence-corrected chi connectivity index (χ1v) is 7.57. The third-order valence-corrected chi connectivity index (χ3v) is 3.60.